The zero-order valence-corrected chi connectivity index (χ0v) is 16.3. The topological polar surface area (TPSA) is 55.8 Å². The van der Waals surface area contributed by atoms with Crippen molar-refractivity contribution in [1.82, 2.24) is 0 Å². The molecule has 2 rings (SSSR count). The van der Waals surface area contributed by atoms with E-state index >= 15 is 0 Å². The molecule has 0 aliphatic carbocycles. The number of rotatable bonds is 8. The van der Waals surface area contributed by atoms with Crippen molar-refractivity contribution < 1.29 is 18.7 Å². The molecule has 0 aliphatic rings. The molecule has 0 heterocycles. The van der Waals surface area contributed by atoms with Gasteiger partial charge in [-0.3, -0.25) is 0 Å². The summed E-state index contributed by atoms with van der Waals surface area (Å²) in [6, 6.07) is 11.4. The second kappa shape index (κ2) is 8.55. The summed E-state index contributed by atoms with van der Waals surface area (Å²) in [5.74, 6) is 0.524. The van der Waals surface area contributed by atoms with Crippen LogP contribution in [0.25, 0.3) is 11.1 Å². The Morgan fingerprint density at radius 1 is 1.16 bits per heavy atom. The van der Waals surface area contributed by atoms with E-state index in [4.69, 9.17) is 9.05 Å². The number of hydrogen-bond acceptors (Lipinski definition) is 4. The Labute approximate surface area is 150 Å². The van der Waals surface area contributed by atoms with Gasteiger partial charge in [-0.25, -0.2) is 4.57 Å². The number of unbranched alkanes of at least 4 members (excludes halogenated alkanes) is 2. The Balaban J connectivity index is 2.50. The van der Waals surface area contributed by atoms with Crippen LogP contribution in [-0.4, -0.2) is 18.9 Å². The molecule has 1 unspecified atom stereocenters. The SMILES string of the molecule is CCCCCc1cc(O)c(-c2cccc(C)c2)c(OP(C)(=O)OC)c1. The van der Waals surface area contributed by atoms with Crippen molar-refractivity contribution in [2.45, 2.75) is 39.5 Å². The molecule has 0 saturated heterocycles. The lowest BCUT2D eigenvalue weighted by molar-refractivity contribution is 0.328. The second-order valence-electron chi connectivity index (χ2n) is 6.36. The summed E-state index contributed by atoms with van der Waals surface area (Å²) in [6.45, 7) is 5.56. The number of aryl methyl sites for hydroxylation is 2. The Morgan fingerprint density at radius 2 is 1.92 bits per heavy atom. The molecule has 2 aromatic carbocycles. The molecule has 1 N–H and O–H groups in total. The van der Waals surface area contributed by atoms with E-state index in [1.54, 1.807) is 6.07 Å². The van der Waals surface area contributed by atoms with Crippen molar-refractivity contribution in [2.75, 3.05) is 13.8 Å². The third-order valence-corrected chi connectivity index (χ3v) is 5.30. The maximum Gasteiger partial charge on any atom is 0.375 e. The smallest absolute Gasteiger partial charge is 0.375 e. The van der Waals surface area contributed by atoms with Crippen LogP contribution in [-0.2, 0) is 15.5 Å². The number of phenols is 1. The molecule has 5 heteroatoms. The first-order chi connectivity index (χ1) is 11.9. The lowest BCUT2D eigenvalue weighted by Crippen LogP contribution is -1.97. The summed E-state index contributed by atoms with van der Waals surface area (Å²) in [5, 5.41) is 10.6. The van der Waals surface area contributed by atoms with Gasteiger partial charge in [0, 0.05) is 13.8 Å². The molecule has 0 aliphatic heterocycles. The standard InChI is InChI=1S/C20H27O4P/c1-5-6-7-10-16-13-18(21)20(17-11-8-9-15(2)12-17)19(14-16)24-25(4,22)23-3/h8-9,11-14,21H,5-7,10H2,1-4H3. The van der Waals surface area contributed by atoms with Crippen LogP contribution in [0.1, 0.15) is 37.3 Å². The molecule has 136 valence electrons. The molecule has 0 saturated carbocycles. The summed E-state index contributed by atoms with van der Waals surface area (Å²) >= 11 is 0. The van der Waals surface area contributed by atoms with E-state index < -0.39 is 7.60 Å². The number of benzene rings is 2. The predicted molar refractivity (Wildman–Crippen MR) is 103 cm³/mol. The van der Waals surface area contributed by atoms with Crippen molar-refractivity contribution in [3.63, 3.8) is 0 Å². The molecule has 0 fully saturated rings. The van der Waals surface area contributed by atoms with Gasteiger partial charge in [0.15, 0.2) is 0 Å². The molecular formula is C20H27O4P. The summed E-state index contributed by atoms with van der Waals surface area (Å²) in [7, 11) is -1.88. The van der Waals surface area contributed by atoms with Crippen LogP contribution in [0.5, 0.6) is 11.5 Å². The van der Waals surface area contributed by atoms with Crippen molar-refractivity contribution in [1.29, 1.82) is 0 Å². The third kappa shape index (κ3) is 5.35. The Kier molecular flexibility index (Phi) is 6.69. The minimum absolute atomic E-state index is 0.130. The summed E-state index contributed by atoms with van der Waals surface area (Å²) < 4.78 is 23.0. The molecule has 0 aromatic heterocycles. The minimum atomic E-state index is -3.24. The van der Waals surface area contributed by atoms with Gasteiger partial charge in [-0.2, -0.15) is 0 Å². The van der Waals surface area contributed by atoms with Crippen LogP contribution in [0.4, 0.5) is 0 Å². The first kappa shape index (κ1) is 19.6. The third-order valence-electron chi connectivity index (χ3n) is 4.11. The minimum Gasteiger partial charge on any atom is -0.507 e. The van der Waals surface area contributed by atoms with Gasteiger partial charge in [-0.15, -0.1) is 0 Å². The van der Waals surface area contributed by atoms with Crippen LogP contribution >= 0.6 is 7.60 Å². The molecule has 1 atom stereocenters. The average molecular weight is 362 g/mol. The lowest BCUT2D eigenvalue weighted by atomic mass is 9.98. The number of hydrogen-bond donors (Lipinski definition) is 1. The summed E-state index contributed by atoms with van der Waals surface area (Å²) in [6.07, 6.45) is 4.13. The highest BCUT2D eigenvalue weighted by Gasteiger charge is 2.22. The van der Waals surface area contributed by atoms with Gasteiger partial charge in [-0.05, 0) is 43.0 Å². The van der Waals surface area contributed by atoms with Crippen molar-refractivity contribution in [3.8, 4) is 22.6 Å². The Morgan fingerprint density at radius 3 is 2.56 bits per heavy atom. The first-order valence-corrected chi connectivity index (χ1v) is 10.6. The van der Waals surface area contributed by atoms with Crippen LogP contribution in [0.2, 0.25) is 0 Å². The molecule has 0 bridgehead atoms. The van der Waals surface area contributed by atoms with Crippen LogP contribution < -0.4 is 4.52 Å². The van der Waals surface area contributed by atoms with E-state index in [1.165, 1.54) is 13.8 Å². The first-order valence-electron chi connectivity index (χ1n) is 8.62. The van der Waals surface area contributed by atoms with Gasteiger partial charge in [0.05, 0.1) is 5.56 Å². The molecule has 0 amide bonds. The maximum atomic E-state index is 12.4. The average Bonchev–Trinajstić information content (AvgIpc) is 2.54. The monoisotopic (exact) mass is 362 g/mol. The summed E-state index contributed by atoms with van der Waals surface area (Å²) in [4.78, 5) is 0. The number of phenolic OH excluding ortho intramolecular Hbond substituents is 1. The maximum absolute atomic E-state index is 12.4. The van der Waals surface area contributed by atoms with Crippen LogP contribution in [0.15, 0.2) is 36.4 Å². The van der Waals surface area contributed by atoms with Crippen LogP contribution in [0, 0.1) is 6.92 Å². The van der Waals surface area contributed by atoms with Crippen molar-refractivity contribution in [2.24, 2.45) is 0 Å². The van der Waals surface area contributed by atoms with E-state index in [0.717, 1.165) is 42.4 Å². The van der Waals surface area contributed by atoms with Gasteiger partial charge in [-0.1, -0.05) is 49.6 Å². The van der Waals surface area contributed by atoms with Gasteiger partial charge >= 0.3 is 7.60 Å². The van der Waals surface area contributed by atoms with E-state index in [2.05, 4.69) is 6.92 Å². The Hall–Kier alpha value is -1.77. The quantitative estimate of drug-likeness (QED) is 0.466. The zero-order valence-electron chi connectivity index (χ0n) is 15.4. The Bertz CT molecular complexity index is 770. The van der Waals surface area contributed by atoms with E-state index in [9.17, 15) is 9.67 Å². The predicted octanol–water partition coefficient (Wildman–Crippen LogP) is 5.95. The molecule has 0 spiro atoms. The fourth-order valence-electron chi connectivity index (χ4n) is 2.76. The van der Waals surface area contributed by atoms with Crippen LogP contribution in [0.3, 0.4) is 0 Å². The largest absolute Gasteiger partial charge is 0.507 e. The van der Waals surface area contributed by atoms with E-state index in [-0.39, 0.29) is 5.75 Å². The zero-order chi connectivity index (χ0) is 18.4. The molecule has 0 radical (unpaired) electrons. The molecule has 25 heavy (non-hydrogen) atoms. The van der Waals surface area contributed by atoms with E-state index in [0.29, 0.717) is 11.3 Å². The highest BCUT2D eigenvalue weighted by Crippen LogP contribution is 2.49. The summed E-state index contributed by atoms with van der Waals surface area (Å²) in [5.41, 5.74) is 3.40. The van der Waals surface area contributed by atoms with Crippen molar-refractivity contribution in [3.05, 3.63) is 47.5 Å². The fourth-order valence-corrected chi connectivity index (χ4v) is 3.33. The van der Waals surface area contributed by atoms with Crippen molar-refractivity contribution >= 4 is 7.60 Å². The van der Waals surface area contributed by atoms with Gasteiger partial charge < -0.3 is 14.2 Å². The second-order valence-corrected chi connectivity index (χ2v) is 8.45. The van der Waals surface area contributed by atoms with E-state index in [1.807, 2.05) is 37.3 Å². The highest BCUT2D eigenvalue weighted by atomic mass is 31.2. The lowest BCUT2D eigenvalue weighted by Gasteiger charge is -2.18. The molecular weight excluding hydrogens is 335 g/mol. The molecule has 4 nitrogen and oxygen atoms in total. The normalized spacial score (nSPS) is 13.4. The number of aromatic hydroxyl groups is 1. The van der Waals surface area contributed by atoms with Gasteiger partial charge in [0.2, 0.25) is 0 Å². The van der Waals surface area contributed by atoms with Gasteiger partial charge in [0.1, 0.15) is 11.5 Å². The molecule has 2 aromatic rings. The van der Waals surface area contributed by atoms with Gasteiger partial charge in [0.25, 0.3) is 0 Å². The highest BCUT2D eigenvalue weighted by molar-refractivity contribution is 7.53. The fraction of sp³-hybridized carbons (Fsp3) is 0.400.